The number of H-pyrrole nitrogens is 1. The zero-order valence-corrected chi connectivity index (χ0v) is 11.3. The fourth-order valence-electron chi connectivity index (χ4n) is 2.16. The summed E-state index contributed by atoms with van der Waals surface area (Å²) in [4.78, 5) is 15.2. The van der Waals surface area contributed by atoms with Crippen LogP contribution in [0, 0.1) is 5.82 Å². The van der Waals surface area contributed by atoms with Crippen molar-refractivity contribution in [1.82, 2.24) is 4.98 Å². The summed E-state index contributed by atoms with van der Waals surface area (Å²) in [7, 11) is 1.54. The molecule has 4 nitrogen and oxygen atoms in total. The van der Waals surface area contributed by atoms with Crippen LogP contribution in [0.15, 0.2) is 48.5 Å². The maximum atomic E-state index is 13.2. The van der Waals surface area contributed by atoms with Gasteiger partial charge in [0.25, 0.3) is 5.91 Å². The van der Waals surface area contributed by atoms with E-state index in [1.807, 2.05) is 6.07 Å². The number of carbonyl (C=O) groups excluding carboxylic acids is 1. The number of ether oxygens (including phenoxy) is 1. The van der Waals surface area contributed by atoms with E-state index in [0.29, 0.717) is 28.0 Å². The standard InChI is InChI=1S/C16H13FN2O2/c1-21-15-5-3-2-4-13(15)19-16(20)14-9-10-8-11(17)6-7-12(10)18-14/h2-9,18H,1H3,(H,19,20). The molecular weight excluding hydrogens is 271 g/mol. The van der Waals surface area contributed by atoms with Crippen LogP contribution in [0.25, 0.3) is 10.9 Å². The first-order chi connectivity index (χ1) is 10.2. The van der Waals surface area contributed by atoms with Crippen LogP contribution in [0.5, 0.6) is 5.75 Å². The molecule has 0 bridgehead atoms. The minimum atomic E-state index is -0.335. The molecule has 0 unspecified atom stereocenters. The van der Waals surface area contributed by atoms with E-state index in [2.05, 4.69) is 10.3 Å². The number of methoxy groups -OCH3 is 1. The molecule has 106 valence electrons. The Hall–Kier alpha value is -2.82. The number of para-hydroxylation sites is 2. The predicted octanol–water partition coefficient (Wildman–Crippen LogP) is 3.57. The third-order valence-corrected chi connectivity index (χ3v) is 3.18. The molecule has 3 aromatic rings. The van der Waals surface area contributed by atoms with Gasteiger partial charge in [0.05, 0.1) is 12.8 Å². The molecule has 0 saturated heterocycles. The van der Waals surface area contributed by atoms with Crippen LogP contribution in [0.4, 0.5) is 10.1 Å². The number of aromatic nitrogens is 1. The van der Waals surface area contributed by atoms with E-state index in [1.54, 1.807) is 30.3 Å². The number of halogens is 1. The summed E-state index contributed by atoms with van der Waals surface area (Å²) in [6, 6.07) is 13.1. The van der Waals surface area contributed by atoms with Gasteiger partial charge < -0.3 is 15.0 Å². The number of rotatable bonds is 3. The molecule has 0 radical (unpaired) electrons. The second-order valence-electron chi connectivity index (χ2n) is 4.57. The molecule has 1 heterocycles. The summed E-state index contributed by atoms with van der Waals surface area (Å²) in [5, 5.41) is 3.42. The van der Waals surface area contributed by atoms with Crippen molar-refractivity contribution in [2.45, 2.75) is 0 Å². The van der Waals surface area contributed by atoms with Crippen molar-refractivity contribution < 1.29 is 13.9 Å². The molecular formula is C16H13FN2O2. The van der Waals surface area contributed by atoms with Crippen LogP contribution in [0.1, 0.15) is 10.5 Å². The lowest BCUT2D eigenvalue weighted by atomic mass is 10.2. The minimum absolute atomic E-state index is 0.309. The Morgan fingerprint density at radius 2 is 2.00 bits per heavy atom. The normalized spacial score (nSPS) is 10.6. The van der Waals surface area contributed by atoms with E-state index < -0.39 is 0 Å². The third-order valence-electron chi connectivity index (χ3n) is 3.18. The molecule has 1 amide bonds. The molecule has 0 aliphatic heterocycles. The summed E-state index contributed by atoms with van der Waals surface area (Å²) < 4.78 is 18.3. The highest BCUT2D eigenvalue weighted by molar-refractivity contribution is 6.06. The van der Waals surface area contributed by atoms with Crippen molar-refractivity contribution in [3.63, 3.8) is 0 Å². The fraction of sp³-hybridized carbons (Fsp3) is 0.0625. The Balaban J connectivity index is 1.90. The van der Waals surface area contributed by atoms with Gasteiger partial charge in [0.1, 0.15) is 17.3 Å². The van der Waals surface area contributed by atoms with Crippen molar-refractivity contribution in [2.75, 3.05) is 12.4 Å². The summed E-state index contributed by atoms with van der Waals surface area (Å²) in [5.74, 6) is -0.0673. The van der Waals surface area contributed by atoms with Gasteiger partial charge in [-0.3, -0.25) is 4.79 Å². The molecule has 2 aromatic carbocycles. The third kappa shape index (κ3) is 2.58. The number of fused-ring (bicyclic) bond motifs is 1. The van der Waals surface area contributed by atoms with Crippen LogP contribution < -0.4 is 10.1 Å². The summed E-state index contributed by atoms with van der Waals surface area (Å²) in [5.41, 5.74) is 1.65. The largest absolute Gasteiger partial charge is 0.495 e. The summed E-state index contributed by atoms with van der Waals surface area (Å²) in [6.45, 7) is 0. The van der Waals surface area contributed by atoms with Crippen molar-refractivity contribution >= 4 is 22.5 Å². The maximum absolute atomic E-state index is 13.2. The van der Waals surface area contributed by atoms with Gasteiger partial charge in [-0.25, -0.2) is 4.39 Å². The fourth-order valence-corrected chi connectivity index (χ4v) is 2.16. The van der Waals surface area contributed by atoms with E-state index in [4.69, 9.17) is 4.74 Å². The van der Waals surface area contributed by atoms with Crippen molar-refractivity contribution in [2.24, 2.45) is 0 Å². The SMILES string of the molecule is COc1ccccc1NC(=O)c1cc2cc(F)ccc2[nH]1. The summed E-state index contributed by atoms with van der Waals surface area (Å²) >= 11 is 0. The van der Waals surface area contributed by atoms with Gasteiger partial charge in [0.15, 0.2) is 0 Å². The first-order valence-electron chi connectivity index (χ1n) is 6.40. The van der Waals surface area contributed by atoms with Gasteiger partial charge in [0.2, 0.25) is 0 Å². The minimum Gasteiger partial charge on any atom is -0.495 e. The van der Waals surface area contributed by atoms with Crippen LogP contribution in [-0.2, 0) is 0 Å². The van der Waals surface area contributed by atoms with Crippen LogP contribution in [0.3, 0.4) is 0 Å². The van der Waals surface area contributed by atoms with Gasteiger partial charge in [-0.2, -0.15) is 0 Å². The Kier molecular flexibility index (Phi) is 3.31. The van der Waals surface area contributed by atoms with Crippen LogP contribution in [0.2, 0.25) is 0 Å². The molecule has 0 saturated carbocycles. The summed E-state index contributed by atoms with van der Waals surface area (Å²) in [6.07, 6.45) is 0. The Bertz CT molecular complexity index is 811. The van der Waals surface area contributed by atoms with E-state index in [-0.39, 0.29) is 11.7 Å². The number of carbonyl (C=O) groups is 1. The lowest BCUT2D eigenvalue weighted by Crippen LogP contribution is -2.12. The quantitative estimate of drug-likeness (QED) is 0.772. The first-order valence-corrected chi connectivity index (χ1v) is 6.40. The molecule has 2 N–H and O–H groups in total. The molecule has 0 atom stereocenters. The number of benzene rings is 2. The number of aromatic amines is 1. The van der Waals surface area contributed by atoms with Crippen LogP contribution in [-0.4, -0.2) is 18.0 Å². The van der Waals surface area contributed by atoms with E-state index in [1.165, 1.54) is 19.2 Å². The van der Waals surface area contributed by atoms with E-state index in [9.17, 15) is 9.18 Å². The maximum Gasteiger partial charge on any atom is 0.272 e. The average molecular weight is 284 g/mol. The second-order valence-corrected chi connectivity index (χ2v) is 4.57. The molecule has 0 aliphatic rings. The molecule has 0 fully saturated rings. The molecule has 21 heavy (non-hydrogen) atoms. The van der Waals surface area contributed by atoms with Gasteiger partial charge in [0, 0.05) is 10.9 Å². The number of anilines is 1. The number of hydrogen-bond acceptors (Lipinski definition) is 2. The molecule has 0 spiro atoms. The molecule has 1 aromatic heterocycles. The van der Waals surface area contributed by atoms with Crippen molar-refractivity contribution in [3.05, 3.63) is 60.0 Å². The number of nitrogens with one attached hydrogen (secondary N) is 2. The number of amides is 1. The van der Waals surface area contributed by atoms with Crippen molar-refractivity contribution in [1.29, 1.82) is 0 Å². The van der Waals surface area contributed by atoms with Gasteiger partial charge in [-0.1, -0.05) is 12.1 Å². The van der Waals surface area contributed by atoms with E-state index in [0.717, 1.165) is 0 Å². The highest BCUT2D eigenvalue weighted by Crippen LogP contribution is 2.24. The highest BCUT2D eigenvalue weighted by atomic mass is 19.1. The average Bonchev–Trinajstić information content (AvgIpc) is 2.91. The monoisotopic (exact) mass is 284 g/mol. The molecule has 5 heteroatoms. The van der Waals surface area contributed by atoms with Crippen molar-refractivity contribution in [3.8, 4) is 5.75 Å². The zero-order valence-electron chi connectivity index (χ0n) is 11.3. The Morgan fingerprint density at radius 1 is 1.19 bits per heavy atom. The molecule has 0 aliphatic carbocycles. The second kappa shape index (κ2) is 5.28. The van der Waals surface area contributed by atoms with Gasteiger partial charge in [-0.15, -0.1) is 0 Å². The highest BCUT2D eigenvalue weighted by Gasteiger charge is 2.12. The smallest absolute Gasteiger partial charge is 0.272 e. The van der Waals surface area contributed by atoms with Crippen LogP contribution >= 0.6 is 0 Å². The van der Waals surface area contributed by atoms with Gasteiger partial charge in [-0.05, 0) is 36.4 Å². The molecule has 3 rings (SSSR count). The lowest BCUT2D eigenvalue weighted by Gasteiger charge is -2.08. The predicted molar refractivity (Wildman–Crippen MR) is 79.2 cm³/mol. The van der Waals surface area contributed by atoms with E-state index >= 15 is 0 Å². The first kappa shape index (κ1) is 13.2. The zero-order chi connectivity index (χ0) is 14.8. The Labute approximate surface area is 120 Å². The lowest BCUT2D eigenvalue weighted by molar-refractivity contribution is 0.102. The number of hydrogen-bond donors (Lipinski definition) is 2. The topological polar surface area (TPSA) is 54.1 Å². The van der Waals surface area contributed by atoms with Gasteiger partial charge >= 0.3 is 0 Å². The Morgan fingerprint density at radius 3 is 2.81 bits per heavy atom.